The Labute approximate surface area is 119 Å². The minimum Gasteiger partial charge on any atom is -0.391 e. The van der Waals surface area contributed by atoms with Gasteiger partial charge in [0.25, 0.3) is 5.91 Å². The van der Waals surface area contributed by atoms with Crippen molar-refractivity contribution in [2.45, 2.75) is 37.8 Å². The zero-order chi connectivity index (χ0) is 13.9. The third-order valence-electron chi connectivity index (χ3n) is 4.38. The maximum Gasteiger partial charge on any atom is 0.270 e. The number of nitrogens with one attached hydrogen (secondary N) is 1. The van der Waals surface area contributed by atoms with Crippen LogP contribution in [0.3, 0.4) is 0 Å². The predicted octanol–water partition coefficient (Wildman–Crippen LogP) is 1.01. The molecule has 0 radical (unpaired) electrons. The molecular formula is C15H23N3O2. The first kappa shape index (κ1) is 13.6. The summed E-state index contributed by atoms with van der Waals surface area (Å²) in [6.45, 7) is 3.25. The fraction of sp³-hybridized carbons (Fsp3) is 0.667. The number of carbonyl (C=O) groups is 1. The van der Waals surface area contributed by atoms with Gasteiger partial charge < -0.3 is 19.9 Å². The van der Waals surface area contributed by atoms with Gasteiger partial charge in [-0.15, -0.1) is 0 Å². The number of likely N-dealkylation sites (tertiary alicyclic amines) is 1. The van der Waals surface area contributed by atoms with Crippen molar-refractivity contribution in [2.24, 2.45) is 0 Å². The van der Waals surface area contributed by atoms with Crippen LogP contribution in [0.2, 0.25) is 0 Å². The smallest absolute Gasteiger partial charge is 0.270 e. The van der Waals surface area contributed by atoms with Gasteiger partial charge in [-0.25, -0.2) is 0 Å². The van der Waals surface area contributed by atoms with Gasteiger partial charge in [0.15, 0.2) is 0 Å². The highest BCUT2D eigenvalue weighted by Crippen LogP contribution is 2.23. The van der Waals surface area contributed by atoms with Gasteiger partial charge in [0, 0.05) is 25.3 Å². The summed E-state index contributed by atoms with van der Waals surface area (Å²) in [5.41, 5.74) is 0.769. The highest BCUT2D eigenvalue weighted by Gasteiger charge is 2.26. The molecule has 1 aromatic rings. The summed E-state index contributed by atoms with van der Waals surface area (Å²) < 4.78 is 2.13. The van der Waals surface area contributed by atoms with Crippen molar-refractivity contribution >= 4 is 5.91 Å². The number of nitrogens with zero attached hydrogens (tertiary/aromatic N) is 2. The second-order valence-corrected chi connectivity index (χ2v) is 5.83. The van der Waals surface area contributed by atoms with Crippen molar-refractivity contribution in [3.63, 3.8) is 0 Å². The second-order valence-electron chi connectivity index (χ2n) is 5.83. The van der Waals surface area contributed by atoms with Gasteiger partial charge in [-0.1, -0.05) is 0 Å². The Bertz CT molecular complexity index is 465. The van der Waals surface area contributed by atoms with Crippen LogP contribution in [-0.2, 0) is 0 Å². The molecule has 0 saturated carbocycles. The van der Waals surface area contributed by atoms with Crippen LogP contribution in [0.15, 0.2) is 18.3 Å². The Kier molecular flexibility index (Phi) is 4.08. The van der Waals surface area contributed by atoms with Gasteiger partial charge >= 0.3 is 0 Å². The Morgan fingerprint density at radius 3 is 2.85 bits per heavy atom. The van der Waals surface area contributed by atoms with E-state index in [1.165, 1.54) is 0 Å². The van der Waals surface area contributed by atoms with Gasteiger partial charge in [0.2, 0.25) is 0 Å². The molecule has 20 heavy (non-hydrogen) atoms. The van der Waals surface area contributed by atoms with Crippen molar-refractivity contribution in [1.29, 1.82) is 0 Å². The maximum absolute atomic E-state index is 12.6. The quantitative estimate of drug-likeness (QED) is 0.848. The average Bonchev–Trinajstić information content (AvgIpc) is 2.97. The number of β-amino-alcohol motifs (C(OH)–C–C–N with tert-alkyl or cyclic N) is 1. The normalized spacial score (nSPS) is 24.9. The first-order chi connectivity index (χ1) is 9.75. The largest absolute Gasteiger partial charge is 0.391 e. The molecule has 5 nitrogen and oxygen atoms in total. The summed E-state index contributed by atoms with van der Waals surface area (Å²) in [6.07, 6.45) is 5.48. The Hall–Kier alpha value is -1.33. The van der Waals surface area contributed by atoms with Crippen molar-refractivity contribution < 1.29 is 9.90 Å². The minimum atomic E-state index is -0.366. The maximum atomic E-state index is 12.6. The van der Waals surface area contributed by atoms with E-state index in [-0.39, 0.29) is 12.0 Å². The minimum absolute atomic E-state index is 0.0623. The molecule has 3 rings (SSSR count). The van der Waals surface area contributed by atoms with E-state index in [4.69, 9.17) is 0 Å². The molecule has 2 aliphatic rings. The monoisotopic (exact) mass is 277 g/mol. The van der Waals surface area contributed by atoms with E-state index in [9.17, 15) is 9.90 Å². The molecule has 2 fully saturated rings. The second kappa shape index (κ2) is 5.97. The van der Waals surface area contributed by atoms with Gasteiger partial charge in [0.1, 0.15) is 5.69 Å². The van der Waals surface area contributed by atoms with Crippen LogP contribution in [0.5, 0.6) is 0 Å². The van der Waals surface area contributed by atoms with E-state index in [2.05, 4.69) is 9.88 Å². The number of aromatic nitrogens is 1. The van der Waals surface area contributed by atoms with Crippen LogP contribution in [0, 0.1) is 0 Å². The molecule has 1 amide bonds. The standard InChI is InChI=1S/C15H23N3O2/c19-13-3-1-9-17(11-13)15(20)14-4-2-10-18(14)12-5-7-16-8-6-12/h2,4,10,12-13,16,19H,1,3,5-9,11H2/t13-/m0/s1. The summed E-state index contributed by atoms with van der Waals surface area (Å²) in [7, 11) is 0. The molecule has 0 aromatic carbocycles. The topological polar surface area (TPSA) is 57.5 Å². The zero-order valence-corrected chi connectivity index (χ0v) is 11.8. The molecule has 0 bridgehead atoms. The number of piperidine rings is 2. The molecule has 2 aliphatic heterocycles. The van der Waals surface area contributed by atoms with E-state index < -0.39 is 0 Å². The van der Waals surface area contributed by atoms with Gasteiger partial charge in [-0.05, 0) is 50.9 Å². The third kappa shape index (κ3) is 2.74. The van der Waals surface area contributed by atoms with Gasteiger partial charge in [0.05, 0.1) is 6.10 Å². The molecular weight excluding hydrogens is 254 g/mol. The molecule has 0 unspecified atom stereocenters. The highest BCUT2D eigenvalue weighted by molar-refractivity contribution is 5.93. The Morgan fingerprint density at radius 1 is 1.30 bits per heavy atom. The van der Waals surface area contributed by atoms with E-state index in [0.717, 1.165) is 51.0 Å². The van der Waals surface area contributed by atoms with Crippen LogP contribution < -0.4 is 5.32 Å². The molecule has 110 valence electrons. The predicted molar refractivity (Wildman–Crippen MR) is 76.7 cm³/mol. The Balaban J connectivity index is 1.76. The van der Waals surface area contributed by atoms with Crippen LogP contribution in [0.1, 0.15) is 42.2 Å². The number of aliphatic hydroxyl groups is 1. The molecule has 3 heterocycles. The van der Waals surface area contributed by atoms with Crippen LogP contribution in [-0.4, -0.2) is 52.8 Å². The lowest BCUT2D eigenvalue weighted by Gasteiger charge is -2.32. The van der Waals surface area contributed by atoms with E-state index in [0.29, 0.717) is 12.6 Å². The Morgan fingerprint density at radius 2 is 2.10 bits per heavy atom. The number of amides is 1. The summed E-state index contributed by atoms with van der Waals surface area (Å²) in [4.78, 5) is 14.4. The third-order valence-corrected chi connectivity index (χ3v) is 4.38. The number of hydrogen-bond donors (Lipinski definition) is 2. The average molecular weight is 277 g/mol. The number of aliphatic hydroxyl groups excluding tert-OH is 1. The summed E-state index contributed by atoms with van der Waals surface area (Å²) in [5.74, 6) is 0.0623. The zero-order valence-electron chi connectivity index (χ0n) is 11.8. The van der Waals surface area contributed by atoms with E-state index in [1.807, 2.05) is 18.3 Å². The summed E-state index contributed by atoms with van der Waals surface area (Å²) in [5, 5.41) is 13.1. The van der Waals surface area contributed by atoms with E-state index >= 15 is 0 Å². The molecule has 0 aliphatic carbocycles. The van der Waals surface area contributed by atoms with Crippen molar-refractivity contribution in [1.82, 2.24) is 14.8 Å². The molecule has 0 spiro atoms. The number of rotatable bonds is 2. The van der Waals surface area contributed by atoms with Crippen LogP contribution >= 0.6 is 0 Å². The lowest BCUT2D eigenvalue weighted by Crippen LogP contribution is -2.43. The van der Waals surface area contributed by atoms with Crippen molar-refractivity contribution in [2.75, 3.05) is 26.2 Å². The lowest BCUT2D eigenvalue weighted by molar-refractivity contribution is 0.0462. The van der Waals surface area contributed by atoms with Gasteiger partial charge in [-0.3, -0.25) is 4.79 Å². The van der Waals surface area contributed by atoms with Crippen molar-refractivity contribution in [3.05, 3.63) is 24.0 Å². The summed E-state index contributed by atoms with van der Waals surface area (Å²) >= 11 is 0. The summed E-state index contributed by atoms with van der Waals surface area (Å²) in [6, 6.07) is 4.28. The lowest BCUT2D eigenvalue weighted by atomic mass is 10.1. The first-order valence-electron chi connectivity index (χ1n) is 7.60. The fourth-order valence-corrected chi connectivity index (χ4v) is 3.28. The molecule has 1 aromatic heterocycles. The first-order valence-corrected chi connectivity index (χ1v) is 7.60. The van der Waals surface area contributed by atoms with Crippen LogP contribution in [0.4, 0.5) is 0 Å². The number of carbonyl (C=O) groups excluding carboxylic acids is 1. The van der Waals surface area contributed by atoms with E-state index in [1.54, 1.807) is 4.90 Å². The van der Waals surface area contributed by atoms with Gasteiger partial charge in [-0.2, -0.15) is 0 Å². The molecule has 1 atom stereocenters. The molecule has 2 saturated heterocycles. The molecule has 5 heteroatoms. The highest BCUT2D eigenvalue weighted by atomic mass is 16.3. The van der Waals surface area contributed by atoms with Crippen LogP contribution in [0.25, 0.3) is 0 Å². The van der Waals surface area contributed by atoms with Crippen molar-refractivity contribution in [3.8, 4) is 0 Å². The fourth-order valence-electron chi connectivity index (χ4n) is 3.28. The SMILES string of the molecule is O=C(c1cccn1C1CCNCC1)N1CCC[C@H](O)C1. The number of hydrogen-bond acceptors (Lipinski definition) is 3. The molecule has 2 N–H and O–H groups in total.